The maximum Gasteiger partial charge on any atom is 0.273 e. The first-order chi connectivity index (χ1) is 9.06. The van der Waals surface area contributed by atoms with Gasteiger partial charge in [0.25, 0.3) is 5.91 Å². The van der Waals surface area contributed by atoms with Crippen LogP contribution in [0.25, 0.3) is 0 Å². The van der Waals surface area contributed by atoms with Gasteiger partial charge in [-0.1, -0.05) is 13.8 Å². The molecular weight excluding hydrogens is 258 g/mol. The quantitative estimate of drug-likeness (QED) is 0.901. The molecule has 1 aromatic rings. The second kappa shape index (κ2) is 6.48. The van der Waals surface area contributed by atoms with Crippen molar-refractivity contribution >= 4 is 17.2 Å². The van der Waals surface area contributed by atoms with E-state index in [1.165, 1.54) is 17.8 Å². The Balaban J connectivity index is 2.05. The van der Waals surface area contributed by atoms with Gasteiger partial charge in [-0.25, -0.2) is 4.98 Å². The third-order valence-electron chi connectivity index (χ3n) is 3.31. The Labute approximate surface area is 119 Å². The van der Waals surface area contributed by atoms with Gasteiger partial charge < -0.3 is 10.2 Å². The lowest BCUT2D eigenvalue weighted by atomic mass is 10.1. The minimum atomic E-state index is 0.0757. The summed E-state index contributed by atoms with van der Waals surface area (Å²) >= 11 is 1.54. The predicted molar refractivity (Wildman–Crippen MR) is 78.6 cm³/mol. The second-order valence-corrected chi connectivity index (χ2v) is 6.71. The molecule has 0 aliphatic carbocycles. The Kier molecular flexibility index (Phi) is 4.93. The number of thiazole rings is 1. The smallest absolute Gasteiger partial charge is 0.273 e. The molecule has 5 heteroatoms. The number of rotatable bonds is 5. The van der Waals surface area contributed by atoms with E-state index in [0.29, 0.717) is 17.7 Å². The third kappa shape index (κ3) is 4.01. The zero-order valence-electron chi connectivity index (χ0n) is 12.0. The lowest BCUT2D eigenvalue weighted by molar-refractivity contribution is 0.0716. The summed E-state index contributed by atoms with van der Waals surface area (Å²) < 4.78 is 0. The van der Waals surface area contributed by atoms with Crippen molar-refractivity contribution in [3.63, 3.8) is 0 Å². The molecule has 1 atom stereocenters. The second-order valence-electron chi connectivity index (χ2n) is 5.65. The molecule has 1 unspecified atom stereocenters. The van der Waals surface area contributed by atoms with Crippen LogP contribution in [0.5, 0.6) is 0 Å². The zero-order valence-corrected chi connectivity index (χ0v) is 12.8. The first kappa shape index (κ1) is 14.5. The van der Waals surface area contributed by atoms with Crippen LogP contribution >= 0.6 is 11.3 Å². The molecule has 2 heterocycles. The first-order valence-electron chi connectivity index (χ1n) is 7.01. The molecule has 1 aromatic heterocycles. The van der Waals surface area contributed by atoms with E-state index in [4.69, 9.17) is 0 Å². The molecule has 0 spiro atoms. The summed E-state index contributed by atoms with van der Waals surface area (Å²) in [4.78, 5) is 18.8. The molecule has 1 fully saturated rings. The van der Waals surface area contributed by atoms with Gasteiger partial charge in [0.1, 0.15) is 5.69 Å². The van der Waals surface area contributed by atoms with E-state index >= 15 is 0 Å². The fourth-order valence-electron chi connectivity index (χ4n) is 2.48. The van der Waals surface area contributed by atoms with Crippen LogP contribution in [0.1, 0.15) is 42.2 Å². The van der Waals surface area contributed by atoms with Gasteiger partial charge in [-0.2, -0.15) is 0 Å². The molecule has 0 saturated carbocycles. The fraction of sp³-hybridized carbons (Fsp3) is 0.714. The molecule has 1 N–H and O–H groups in total. The van der Waals surface area contributed by atoms with Crippen LogP contribution in [-0.4, -0.2) is 41.5 Å². The number of carbonyl (C=O) groups is 1. The molecule has 0 bridgehead atoms. The van der Waals surface area contributed by atoms with Gasteiger partial charge in [0.2, 0.25) is 0 Å². The Morgan fingerprint density at radius 1 is 1.63 bits per heavy atom. The summed E-state index contributed by atoms with van der Waals surface area (Å²) in [6.45, 7) is 8.90. The van der Waals surface area contributed by atoms with E-state index in [1.54, 1.807) is 0 Å². The summed E-state index contributed by atoms with van der Waals surface area (Å²) in [5, 5.41) is 6.28. The average Bonchev–Trinajstić information content (AvgIpc) is 2.98. The summed E-state index contributed by atoms with van der Waals surface area (Å²) in [5.41, 5.74) is 0.598. The van der Waals surface area contributed by atoms with Gasteiger partial charge in [-0.3, -0.25) is 4.79 Å². The third-order valence-corrected chi connectivity index (χ3v) is 4.09. The van der Waals surface area contributed by atoms with Crippen molar-refractivity contribution in [3.8, 4) is 0 Å². The number of amides is 1. The van der Waals surface area contributed by atoms with E-state index in [1.807, 2.05) is 17.2 Å². The number of aromatic nitrogens is 1. The Hall–Kier alpha value is -0.940. The van der Waals surface area contributed by atoms with Crippen molar-refractivity contribution in [2.24, 2.45) is 5.92 Å². The molecule has 1 saturated heterocycles. The minimum absolute atomic E-state index is 0.0757. The highest BCUT2D eigenvalue weighted by Crippen LogP contribution is 2.14. The largest absolute Gasteiger partial charge is 0.335 e. The first-order valence-corrected chi connectivity index (χ1v) is 7.89. The Morgan fingerprint density at radius 3 is 2.95 bits per heavy atom. The van der Waals surface area contributed by atoms with Gasteiger partial charge in [-0.15, -0.1) is 11.3 Å². The monoisotopic (exact) mass is 281 g/mol. The van der Waals surface area contributed by atoms with Crippen LogP contribution in [0, 0.1) is 12.8 Å². The lowest BCUT2D eigenvalue weighted by Crippen LogP contribution is -2.43. The number of hydrogen-bond donors (Lipinski definition) is 1. The van der Waals surface area contributed by atoms with Crippen LogP contribution in [0.4, 0.5) is 0 Å². The Bertz CT molecular complexity index is 424. The molecule has 1 aliphatic rings. The molecule has 1 aliphatic heterocycles. The average molecular weight is 281 g/mol. The molecule has 0 radical (unpaired) electrons. The van der Waals surface area contributed by atoms with Gasteiger partial charge in [0.05, 0.1) is 5.01 Å². The zero-order chi connectivity index (χ0) is 13.8. The van der Waals surface area contributed by atoms with E-state index in [9.17, 15) is 4.79 Å². The van der Waals surface area contributed by atoms with Crippen LogP contribution in [0.2, 0.25) is 0 Å². The molecule has 0 aromatic carbocycles. The topological polar surface area (TPSA) is 45.2 Å². The van der Waals surface area contributed by atoms with Gasteiger partial charge >= 0.3 is 0 Å². The molecule has 1 amide bonds. The summed E-state index contributed by atoms with van der Waals surface area (Å²) in [7, 11) is 0. The van der Waals surface area contributed by atoms with Crippen molar-refractivity contribution in [3.05, 3.63) is 16.1 Å². The number of aryl methyl sites for hydroxylation is 1. The van der Waals surface area contributed by atoms with Gasteiger partial charge in [0.15, 0.2) is 0 Å². The highest BCUT2D eigenvalue weighted by molar-refractivity contribution is 7.09. The highest BCUT2D eigenvalue weighted by atomic mass is 32.1. The normalized spacial score (nSPS) is 19.1. The minimum Gasteiger partial charge on any atom is -0.335 e. The van der Waals surface area contributed by atoms with E-state index < -0.39 is 0 Å². The number of nitrogens with zero attached hydrogens (tertiary/aromatic N) is 2. The molecule has 106 valence electrons. The predicted octanol–water partition coefficient (Wildman–Crippen LogP) is 2.30. The van der Waals surface area contributed by atoms with Crippen LogP contribution in [0.3, 0.4) is 0 Å². The van der Waals surface area contributed by atoms with Gasteiger partial charge in [0, 0.05) is 24.5 Å². The number of nitrogens with one attached hydrogen (secondary N) is 1. The number of hydrogen-bond acceptors (Lipinski definition) is 4. The molecule has 4 nitrogen and oxygen atoms in total. The fourth-order valence-corrected chi connectivity index (χ4v) is 3.07. The van der Waals surface area contributed by atoms with E-state index in [2.05, 4.69) is 24.1 Å². The maximum atomic E-state index is 12.5. The summed E-state index contributed by atoms with van der Waals surface area (Å²) in [6.07, 6.45) is 2.38. The maximum absolute atomic E-state index is 12.5. The van der Waals surface area contributed by atoms with Crippen molar-refractivity contribution in [1.82, 2.24) is 15.2 Å². The SMILES string of the molecule is Cc1nc(C(=O)N(CC(C)C)CC2CCCN2)cs1. The molecule has 2 rings (SSSR count). The molecular formula is C14H23N3OS. The lowest BCUT2D eigenvalue weighted by Gasteiger charge is -2.27. The van der Waals surface area contributed by atoms with Crippen molar-refractivity contribution in [2.45, 2.75) is 39.7 Å². The highest BCUT2D eigenvalue weighted by Gasteiger charge is 2.24. The van der Waals surface area contributed by atoms with E-state index in [-0.39, 0.29) is 5.91 Å². The Morgan fingerprint density at radius 2 is 2.42 bits per heavy atom. The van der Waals surface area contributed by atoms with Crippen LogP contribution in [0.15, 0.2) is 5.38 Å². The molecule has 19 heavy (non-hydrogen) atoms. The van der Waals surface area contributed by atoms with Crippen molar-refractivity contribution in [2.75, 3.05) is 19.6 Å². The van der Waals surface area contributed by atoms with Crippen LogP contribution in [-0.2, 0) is 0 Å². The summed E-state index contributed by atoms with van der Waals surface area (Å²) in [6, 6.07) is 0.447. The van der Waals surface area contributed by atoms with E-state index in [0.717, 1.165) is 31.1 Å². The standard InChI is InChI=1S/C14H23N3OS/c1-10(2)7-17(8-12-5-4-6-15-12)14(18)13-9-19-11(3)16-13/h9-10,12,15H,4-8H2,1-3H3. The number of carbonyl (C=O) groups excluding carboxylic acids is 1. The van der Waals surface area contributed by atoms with Crippen molar-refractivity contribution in [1.29, 1.82) is 0 Å². The van der Waals surface area contributed by atoms with Gasteiger partial charge in [-0.05, 0) is 32.2 Å². The van der Waals surface area contributed by atoms with Crippen molar-refractivity contribution < 1.29 is 4.79 Å². The summed E-state index contributed by atoms with van der Waals surface area (Å²) in [5.74, 6) is 0.553. The van der Waals surface area contributed by atoms with Crippen LogP contribution < -0.4 is 5.32 Å².